The minimum absolute atomic E-state index is 0.0167. The van der Waals surface area contributed by atoms with Gasteiger partial charge in [-0.15, -0.1) is 0 Å². The van der Waals surface area contributed by atoms with Crippen LogP contribution < -0.4 is 11.3 Å². The molecule has 10 heteroatoms. The Kier molecular flexibility index (Phi) is 2.92. The lowest BCUT2D eigenvalue weighted by molar-refractivity contribution is -0.0459. The van der Waals surface area contributed by atoms with Crippen LogP contribution in [-0.2, 0) is 4.74 Å². The van der Waals surface area contributed by atoms with Crippen molar-refractivity contribution < 1.29 is 19.3 Å². The van der Waals surface area contributed by atoms with E-state index in [2.05, 4.69) is 15.0 Å². The third-order valence-electron chi connectivity index (χ3n) is 3.20. The maximum Gasteiger partial charge on any atom is 0.280 e. The number of nitrogens with zero attached hydrogens (tertiary/aromatic N) is 3. The number of nitrogens with one attached hydrogen (secondary N) is 1. The van der Waals surface area contributed by atoms with Crippen LogP contribution in [0, 0.1) is 0 Å². The molecule has 1 fully saturated rings. The molecule has 0 spiro atoms. The molecule has 1 aliphatic rings. The fourth-order valence-corrected chi connectivity index (χ4v) is 2.21. The van der Waals surface area contributed by atoms with Crippen LogP contribution in [0.1, 0.15) is 6.23 Å². The van der Waals surface area contributed by atoms with Gasteiger partial charge in [0.1, 0.15) is 12.2 Å². The first-order valence-electron chi connectivity index (χ1n) is 5.83. The zero-order valence-electron chi connectivity index (χ0n) is 10.1. The Bertz CT molecular complexity index is 701. The quantitative estimate of drug-likeness (QED) is 0.515. The standard InChI is InChI=1S/C10H12FN5O4/c11-4-6(18)3(1-17)20-9(4)16-2-13-5-7(16)14-10(12)15-8(5)19/h2-4,6,9,17-18H,1H2,(H3,12,14,15,19)/t3-,4-,6-,9-/m0/s1. The van der Waals surface area contributed by atoms with Gasteiger partial charge in [0.2, 0.25) is 5.95 Å². The lowest BCUT2D eigenvalue weighted by atomic mass is 10.1. The first kappa shape index (κ1) is 13.0. The van der Waals surface area contributed by atoms with E-state index in [1.807, 2.05) is 0 Å². The topological polar surface area (TPSA) is 139 Å². The zero-order valence-corrected chi connectivity index (χ0v) is 10.1. The summed E-state index contributed by atoms with van der Waals surface area (Å²) in [5, 5.41) is 18.6. The number of halogens is 1. The number of alkyl halides is 1. The molecule has 2 aromatic rings. The molecule has 5 N–H and O–H groups in total. The second-order valence-corrected chi connectivity index (χ2v) is 4.46. The van der Waals surface area contributed by atoms with Gasteiger partial charge in [-0.1, -0.05) is 0 Å². The first-order chi connectivity index (χ1) is 9.52. The number of H-pyrrole nitrogens is 1. The zero-order chi connectivity index (χ0) is 14.4. The normalized spacial score (nSPS) is 30.1. The number of hydrogen-bond acceptors (Lipinski definition) is 7. The number of aliphatic hydroxyl groups is 2. The fourth-order valence-electron chi connectivity index (χ4n) is 2.21. The molecular weight excluding hydrogens is 273 g/mol. The highest BCUT2D eigenvalue weighted by Crippen LogP contribution is 2.32. The molecule has 0 saturated carbocycles. The average molecular weight is 285 g/mol. The maximum absolute atomic E-state index is 14.0. The van der Waals surface area contributed by atoms with Gasteiger partial charge in [-0.2, -0.15) is 4.98 Å². The van der Waals surface area contributed by atoms with Crippen molar-refractivity contribution in [2.45, 2.75) is 24.6 Å². The maximum atomic E-state index is 14.0. The van der Waals surface area contributed by atoms with Crippen molar-refractivity contribution in [2.24, 2.45) is 0 Å². The monoisotopic (exact) mass is 285 g/mol. The SMILES string of the molecule is Nc1nc2c(ncn2[C@H]2O[C@@H](CO)[C@H](O)[C@@H]2F)c(=O)[nH]1. The third kappa shape index (κ3) is 1.77. The van der Waals surface area contributed by atoms with Crippen LogP contribution in [0.2, 0.25) is 0 Å². The number of aliphatic hydroxyl groups excluding tert-OH is 2. The number of fused-ring (bicyclic) bond motifs is 1. The van der Waals surface area contributed by atoms with E-state index in [1.165, 1.54) is 10.9 Å². The Labute approximate surface area is 110 Å². The van der Waals surface area contributed by atoms with Crippen molar-refractivity contribution in [2.75, 3.05) is 12.3 Å². The highest BCUT2D eigenvalue weighted by Gasteiger charge is 2.45. The number of nitrogen functional groups attached to an aromatic ring is 1. The van der Waals surface area contributed by atoms with Crippen molar-refractivity contribution in [1.82, 2.24) is 19.5 Å². The lowest BCUT2D eigenvalue weighted by Gasteiger charge is -2.14. The summed E-state index contributed by atoms with van der Waals surface area (Å²) in [7, 11) is 0. The molecular formula is C10H12FN5O4. The van der Waals surface area contributed by atoms with E-state index in [0.29, 0.717) is 0 Å². The second kappa shape index (κ2) is 4.51. The molecule has 3 rings (SSSR count). The molecule has 9 nitrogen and oxygen atoms in total. The second-order valence-electron chi connectivity index (χ2n) is 4.46. The summed E-state index contributed by atoms with van der Waals surface area (Å²) >= 11 is 0. The van der Waals surface area contributed by atoms with Gasteiger partial charge >= 0.3 is 0 Å². The van der Waals surface area contributed by atoms with Gasteiger partial charge in [-0.25, -0.2) is 9.37 Å². The van der Waals surface area contributed by atoms with Crippen LogP contribution in [0.15, 0.2) is 11.1 Å². The lowest BCUT2D eigenvalue weighted by Crippen LogP contribution is -2.30. The number of aromatic nitrogens is 4. The number of aromatic amines is 1. The Morgan fingerprint density at radius 3 is 3.00 bits per heavy atom. The van der Waals surface area contributed by atoms with Crippen LogP contribution in [0.25, 0.3) is 11.2 Å². The minimum Gasteiger partial charge on any atom is -0.394 e. The van der Waals surface area contributed by atoms with Crippen LogP contribution in [-0.4, -0.2) is 54.7 Å². The van der Waals surface area contributed by atoms with Crippen molar-refractivity contribution >= 4 is 17.1 Å². The van der Waals surface area contributed by atoms with E-state index in [0.717, 1.165) is 0 Å². The van der Waals surface area contributed by atoms with Crippen LogP contribution in [0.3, 0.4) is 0 Å². The molecule has 0 amide bonds. The molecule has 1 saturated heterocycles. The van der Waals surface area contributed by atoms with E-state index in [9.17, 15) is 14.3 Å². The fraction of sp³-hybridized carbons (Fsp3) is 0.500. The smallest absolute Gasteiger partial charge is 0.280 e. The number of hydrogen-bond donors (Lipinski definition) is 4. The Morgan fingerprint density at radius 1 is 1.60 bits per heavy atom. The van der Waals surface area contributed by atoms with Gasteiger partial charge in [-0.05, 0) is 0 Å². The molecule has 2 aromatic heterocycles. The minimum atomic E-state index is -1.79. The van der Waals surface area contributed by atoms with Crippen molar-refractivity contribution in [3.8, 4) is 0 Å². The van der Waals surface area contributed by atoms with Crippen molar-refractivity contribution in [3.63, 3.8) is 0 Å². The predicted octanol–water partition coefficient (Wildman–Crippen LogP) is -1.71. The number of imidazole rings is 1. The average Bonchev–Trinajstić information content (AvgIpc) is 2.93. The summed E-state index contributed by atoms with van der Waals surface area (Å²) in [4.78, 5) is 21.6. The van der Waals surface area contributed by atoms with Crippen LogP contribution in [0.4, 0.5) is 10.3 Å². The van der Waals surface area contributed by atoms with Crippen LogP contribution >= 0.6 is 0 Å². The molecule has 0 aliphatic carbocycles. The molecule has 0 radical (unpaired) electrons. The highest BCUT2D eigenvalue weighted by molar-refractivity contribution is 5.70. The number of anilines is 1. The summed E-state index contributed by atoms with van der Waals surface area (Å²) in [6.45, 7) is -0.527. The summed E-state index contributed by atoms with van der Waals surface area (Å²) in [6.07, 6.45) is -4.36. The third-order valence-corrected chi connectivity index (χ3v) is 3.20. The van der Waals surface area contributed by atoms with E-state index < -0.39 is 36.8 Å². The molecule has 1 aliphatic heterocycles. The van der Waals surface area contributed by atoms with E-state index in [4.69, 9.17) is 15.6 Å². The summed E-state index contributed by atoms with van der Waals surface area (Å²) in [5.41, 5.74) is 4.91. The van der Waals surface area contributed by atoms with Crippen molar-refractivity contribution in [3.05, 3.63) is 16.7 Å². The largest absolute Gasteiger partial charge is 0.394 e. The molecule has 4 atom stereocenters. The highest BCUT2D eigenvalue weighted by atomic mass is 19.1. The van der Waals surface area contributed by atoms with E-state index in [-0.39, 0.29) is 17.1 Å². The van der Waals surface area contributed by atoms with E-state index in [1.54, 1.807) is 0 Å². The van der Waals surface area contributed by atoms with Gasteiger partial charge in [0.15, 0.2) is 23.6 Å². The van der Waals surface area contributed by atoms with Gasteiger partial charge < -0.3 is 20.7 Å². The Morgan fingerprint density at radius 2 is 2.35 bits per heavy atom. The number of ether oxygens (including phenoxy) is 1. The van der Waals surface area contributed by atoms with Gasteiger partial charge in [0.05, 0.1) is 12.9 Å². The number of nitrogens with two attached hydrogens (primary N) is 1. The summed E-state index contributed by atoms with van der Waals surface area (Å²) in [6, 6.07) is 0. The molecule has 0 aromatic carbocycles. The molecule has 0 bridgehead atoms. The number of rotatable bonds is 2. The van der Waals surface area contributed by atoms with Crippen molar-refractivity contribution in [1.29, 1.82) is 0 Å². The van der Waals surface area contributed by atoms with E-state index >= 15 is 0 Å². The molecule has 20 heavy (non-hydrogen) atoms. The Hall–Kier alpha value is -2.04. The van der Waals surface area contributed by atoms with Crippen LogP contribution in [0.5, 0.6) is 0 Å². The molecule has 0 unspecified atom stereocenters. The molecule has 3 heterocycles. The Balaban J connectivity index is 2.09. The first-order valence-corrected chi connectivity index (χ1v) is 5.83. The summed E-state index contributed by atoms with van der Waals surface area (Å²) in [5.74, 6) is -0.142. The van der Waals surface area contributed by atoms with Gasteiger partial charge in [0.25, 0.3) is 5.56 Å². The predicted molar refractivity (Wildman–Crippen MR) is 64.5 cm³/mol. The van der Waals surface area contributed by atoms with Gasteiger partial charge in [-0.3, -0.25) is 14.3 Å². The molecule has 108 valence electrons. The summed E-state index contributed by atoms with van der Waals surface area (Å²) < 4.78 is 20.4. The van der Waals surface area contributed by atoms with Gasteiger partial charge in [0, 0.05) is 0 Å².